The summed E-state index contributed by atoms with van der Waals surface area (Å²) in [5.74, 6) is 1.09. The number of hydrogen-bond acceptors (Lipinski definition) is 2. The zero-order chi connectivity index (χ0) is 8.81. The van der Waals surface area contributed by atoms with Crippen LogP contribution in [0.15, 0.2) is 41.8 Å². The Kier molecular flexibility index (Phi) is 3.74. The molecule has 1 aromatic rings. The highest BCUT2D eigenvalue weighted by molar-refractivity contribution is 7.99. The molecule has 2 heteroatoms. The Morgan fingerprint density at radius 1 is 1.33 bits per heavy atom. The first-order chi connectivity index (χ1) is 5.83. The number of allylic oxidation sites excluding steroid dienone is 1. The number of rotatable bonds is 4. The van der Waals surface area contributed by atoms with E-state index in [0.717, 1.165) is 17.9 Å². The van der Waals surface area contributed by atoms with E-state index in [9.17, 15) is 0 Å². The number of nitrogens with two attached hydrogens (primary N) is 1. The standard InChI is InChI=1S/C10H13NS/c1-2-3-8-12-10-6-4-9(11)5-7-10/h2,4-7H,1,3,8,11H2. The van der Waals surface area contributed by atoms with Crippen LogP contribution in [0, 0.1) is 0 Å². The van der Waals surface area contributed by atoms with Crippen molar-refractivity contribution in [2.75, 3.05) is 11.5 Å². The van der Waals surface area contributed by atoms with Crippen molar-refractivity contribution < 1.29 is 0 Å². The van der Waals surface area contributed by atoms with E-state index in [2.05, 4.69) is 6.58 Å². The molecule has 0 saturated carbocycles. The Labute approximate surface area is 77.7 Å². The van der Waals surface area contributed by atoms with Crippen molar-refractivity contribution in [1.29, 1.82) is 0 Å². The first-order valence-corrected chi connectivity index (χ1v) is 4.90. The van der Waals surface area contributed by atoms with Crippen molar-refractivity contribution in [3.05, 3.63) is 36.9 Å². The summed E-state index contributed by atoms with van der Waals surface area (Å²) in [4.78, 5) is 1.27. The summed E-state index contributed by atoms with van der Waals surface area (Å²) in [5.41, 5.74) is 6.38. The van der Waals surface area contributed by atoms with E-state index < -0.39 is 0 Å². The largest absolute Gasteiger partial charge is 0.399 e. The molecule has 1 rings (SSSR count). The van der Waals surface area contributed by atoms with Crippen LogP contribution in [0.2, 0.25) is 0 Å². The highest BCUT2D eigenvalue weighted by Gasteiger charge is 1.91. The molecule has 0 bridgehead atoms. The average Bonchev–Trinajstić information content (AvgIpc) is 2.09. The van der Waals surface area contributed by atoms with Crippen LogP contribution in [0.3, 0.4) is 0 Å². The van der Waals surface area contributed by atoms with E-state index in [-0.39, 0.29) is 0 Å². The summed E-state index contributed by atoms with van der Waals surface area (Å²) in [5, 5.41) is 0. The van der Waals surface area contributed by atoms with Crippen LogP contribution in [-0.4, -0.2) is 5.75 Å². The van der Waals surface area contributed by atoms with Crippen LogP contribution in [-0.2, 0) is 0 Å². The lowest BCUT2D eigenvalue weighted by Crippen LogP contribution is -1.83. The smallest absolute Gasteiger partial charge is 0.0314 e. The molecular weight excluding hydrogens is 166 g/mol. The normalized spacial score (nSPS) is 9.67. The van der Waals surface area contributed by atoms with Gasteiger partial charge in [-0.25, -0.2) is 0 Å². The second-order valence-corrected chi connectivity index (χ2v) is 3.66. The molecule has 0 amide bonds. The predicted octanol–water partition coefficient (Wildman–Crippen LogP) is 2.94. The fourth-order valence-corrected chi connectivity index (χ4v) is 1.67. The van der Waals surface area contributed by atoms with Gasteiger partial charge >= 0.3 is 0 Å². The zero-order valence-electron chi connectivity index (χ0n) is 6.99. The molecule has 0 aromatic heterocycles. The third-order valence-electron chi connectivity index (χ3n) is 1.47. The van der Waals surface area contributed by atoms with E-state index in [1.807, 2.05) is 42.1 Å². The quantitative estimate of drug-likeness (QED) is 0.333. The molecule has 0 aliphatic rings. The van der Waals surface area contributed by atoms with Crippen LogP contribution >= 0.6 is 11.8 Å². The third kappa shape index (κ3) is 3.01. The van der Waals surface area contributed by atoms with Gasteiger partial charge in [-0.3, -0.25) is 0 Å². The fraction of sp³-hybridized carbons (Fsp3) is 0.200. The van der Waals surface area contributed by atoms with Crippen LogP contribution < -0.4 is 5.73 Å². The molecule has 12 heavy (non-hydrogen) atoms. The maximum absolute atomic E-state index is 5.56. The lowest BCUT2D eigenvalue weighted by molar-refractivity contribution is 1.24. The second kappa shape index (κ2) is 4.88. The third-order valence-corrected chi connectivity index (χ3v) is 2.52. The molecule has 0 atom stereocenters. The molecule has 0 radical (unpaired) electrons. The van der Waals surface area contributed by atoms with E-state index >= 15 is 0 Å². The molecule has 1 aromatic carbocycles. The van der Waals surface area contributed by atoms with Crippen molar-refractivity contribution in [3.8, 4) is 0 Å². The van der Waals surface area contributed by atoms with Crippen LogP contribution in [0.25, 0.3) is 0 Å². The van der Waals surface area contributed by atoms with Crippen molar-refractivity contribution in [2.24, 2.45) is 0 Å². The Balaban J connectivity index is 2.42. The molecule has 1 nitrogen and oxygen atoms in total. The molecule has 0 unspecified atom stereocenters. The lowest BCUT2D eigenvalue weighted by Gasteiger charge is -1.99. The van der Waals surface area contributed by atoms with Gasteiger partial charge in [-0.1, -0.05) is 6.08 Å². The zero-order valence-corrected chi connectivity index (χ0v) is 7.81. The summed E-state index contributed by atoms with van der Waals surface area (Å²) in [6.45, 7) is 3.67. The summed E-state index contributed by atoms with van der Waals surface area (Å²) in [6, 6.07) is 7.94. The monoisotopic (exact) mass is 179 g/mol. The molecule has 2 N–H and O–H groups in total. The molecule has 0 fully saturated rings. The van der Waals surface area contributed by atoms with Crippen LogP contribution in [0.5, 0.6) is 0 Å². The minimum absolute atomic E-state index is 0.822. The first kappa shape index (κ1) is 9.20. The molecule has 0 saturated heterocycles. The van der Waals surface area contributed by atoms with Crippen LogP contribution in [0.4, 0.5) is 5.69 Å². The molecule has 0 heterocycles. The first-order valence-electron chi connectivity index (χ1n) is 3.92. The van der Waals surface area contributed by atoms with E-state index in [4.69, 9.17) is 5.73 Å². The summed E-state index contributed by atoms with van der Waals surface area (Å²) in [6.07, 6.45) is 2.99. The van der Waals surface area contributed by atoms with Gasteiger partial charge in [0.1, 0.15) is 0 Å². The highest BCUT2D eigenvalue weighted by atomic mass is 32.2. The lowest BCUT2D eigenvalue weighted by atomic mass is 10.3. The van der Waals surface area contributed by atoms with Crippen LogP contribution in [0.1, 0.15) is 6.42 Å². The predicted molar refractivity (Wildman–Crippen MR) is 56.4 cm³/mol. The number of hydrogen-bond donors (Lipinski definition) is 1. The van der Waals surface area contributed by atoms with Gasteiger partial charge in [0, 0.05) is 16.3 Å². The summed E-state index contributed by atoms with van der Waals surface area (Å²) < 4.78 is 0. The summed E-state index contributed by atoms with van der Waals surface area (Å²) >= 11 is 1.83. The van der Waals surface area contributed by atoms with Gasteiger partial charge < -0.3 is 5.73 Å². The van der Waals surface area contributed by atoms with Crippen molar-refractivity contribution >= 4 is 17.4 Å². The minimum Gasteiger partial charge on any atom is -0.399 e. The maximum atomic E-state index is 5.56. The van der Waals surface area contributed by atoms with Gasteiger partial charge in [-0.2, -0.15) is 0 Å². The average molecular weight is 179 g/mol. The van der Waals surface area contributed by atoms with E-state index in [0.29, 0.717) is 0 Å². The van der Waals surface area contributed by atoms with Gasteiger partial charge in [-0.05, 0) is 30.7 Å². The van der Waals surface area contributed by atoms with Gasteiger partial charge in [0.2, 0.25) is 0 Å². The number of anilines is 1. The highest BCUT2D eigenvalue weighted by Crippen LogP contribution is 2.19. The van der Waals surface area contributed by atoms with Crippen molar-refractivity contribution in [2.45, 2.75) is 11.3 Å². The Morgan fingerprint density at radius 3 is 2.58 bits per heavy atom. The number of nitrogen functional groups attached to an aromatic ring is 1. The Morgan fingerprint density at radius 2 is 2.00 bits per heavy atom. The van der Waals surface area contributed by atoms with Gasteiger partial charge in [-0.15, -0.1) is 18.3 Å². The SMILES string of the molecule is C=CCCSc1ccc(N)cc1. The van der Waals surface area contributed by atoms with Gasteiger partial charge in [0.15, 0.2) is 0 Å². The van der Waals surface area contributed by atoms with E-state index in [1.54, 1.807) is 0 Å². The minimum atomic E-state index is 0.822. The molecular formula is C10H13NS. The molecule has 0 aliphatic heterocycles. The number of benzene rings is 1. The van der Waals surface area contributed by atoms with Gasteiger partial charge in [0.25, 0.3) is 0 Å². The molecule has 0 aliphatic carbocycles. The Bertz CT molecular complexity index is 241. The second-order valence-electron chi connectivity index (χ2n) is 2.49. The molecule has 64 valence electrons. The van der Waals surface area contributed by atoms with Gasteiger partial charge in [0.05, 0.1) is 0 Å². The Hall–Kier alpha value is -0.890. The van der Waals surface area contributed by atoms with Crippen molar-refractivity contribution in [3.63, 3.8) is 0 Å². The fourth-order valence-electron chi connectivity index (χ4n) is 0.824. The molecule has 0 spiro atoms. The summed E-state index contributed by atoms with van der Waals surface area (Å²) in [7, 11) is 0. The maximum Gasteiger partial charge on any atom is 0.0314 e. The van der Waals surface area contributed by atoms with Crippen molar-refractivity contribution in [1.82, 2.24) is 0 Å². The topological polar surface area (TPSA) is 26.0 Å². The number of thioether (sulfide) groups is 1. The van der Waals surface area contributed by atoms with E-state index in [1.165, 1.54) is 4.90 Å².